The van der Waals surface area contributed by atoms with E-state index in [0.717, 1.165) is 34.4 Å². The Bertz CT molecular complexity index is 1210. The molecular formula is C28H30N4O. The second-order valence-corrected chi connectivity index (χ2v) is 8.46. The molecule has 3 aromatic carbocycles. The Morgan fingerprint density at radius 1 is 1.00 bits per heavy atom. The first-order valence-electron chi connectivity index (χ1n) is 11.2. The van der Waals surface area contributed by atoms with Crippen LogP contribution in [0.5, 0.6) is 0 Å². The number of hydrogen-bond acceptors (Lipinski definition) is 3. The lowest BCUT2D eigenvalue weighted by Crippen LogP contribution is -2.34. The van der Waals surface area contributed by atoms with Crippen LogP contribution in [0.4, 0.5) is 5.69 Å². The first-order valence-corrected chi connectivity index (χ1v) is 11.2. The predicted octanol–water partition coefficient (Wildman–Crippen LogP) is 5.22. The minimum Gasteiger partial charge on any atom is -0.324 e. The minimum atomic E-state index is -0.435. The highest BCUT2D eigenvalue weighted by Gasteiger charge is 2.20. The van der Waals surface area contributed by atoms with E-state index >= 15 is 0 Å². The van der Waals surface area contributed by atoms with Crippen molar-refractivity contribution < 1.29 is 4.79 Å². The lowest BCUT2D eigenvalue weighted by molar-refractivity contribution is -0.118. The van der Waals surface area contributed by atoms with E-state index in [1.807, 2.05) is 74.9 Å². The summed E-state index contributed by atoms with van der Waals surface area (Å²) in [4.78, 5) is 13.3. The molecule has 168 valence electrons. The van der Waals surface area contributed by atoms with Crippen LogP contribution < -0.4 is 10.6 Å². The van der Waals surface area contributed by atoms with Crippen molar-refractivity contribution in [1.29, 1.82) is 0 Å². The van der Waals surface area contributed by atoms with Gasteiger partial charge in [0.1, 0.15) is 6.04 Å². The molecule has 1 atom stereocenters. The Hall–Kier alpha value is -3.70. The Labute approximate surface area is 195 Å². The van der Waals surface area contributed by atoms with Crippen LogP contribution in [0.3, 0.4) is 0 Å². The standard InChI is InChI=1S/C28H30N4O/c1-20-9-11-22(12-10-20)15-16-29-27(23-7-5-4-6-8-23)28(33)31-25-13-14-26(21(2)17-25)24-18-30-32(3)19-24/h4-14,17-19,27,29H,15-16H2,1-3H3,(H,31,33)/t27-/m1/s1. The van der Waals surface area contributed by atoms with Crippen molar-refractivity contribution in [2.24, 2.45) is 7.05 Å². The summed E-state index contributed by atoms with van der Waals surface area (Å²) < 4.78 is 1.79. The van der Waals surface area contributed by atoms with E-state index in [9.17, 15) is 4.79 Å². The molecule has 5 heteroatoms. The molecule has 5 nitrogen and oxygen atoms in total. The van der Waals surface area contributed by atoms with Crippen LogP contribution >= 0.6 is 0 Å². The number of benzene rings is 3. The molecule has 0 bridgehead atoms. The van der Waals surface area contributed by atoms with E-state index in [1.165, 1.54) is 11.1 Å². The molecule has 2 N–H and O–H groups in total. The zero-order valence-electron chi connectivity index (χ0n) is 19.4. The van der Waals surface area contributed by atoms with Gasteiger partial charge in [0, 0.05) is 31.0 Å². The summed E-state index contributed by atoms with van der Waals surface area (Å²) in [7, 11) is 1.91. The molecule has 33 heavy (non-hydrogen) atoms. The van der Waals surface area contributed by atoms with Crippen molar-refractivity contribution >= 4 is 11.6 Å². The van der Waals surface area contributed by atoms with Gasteiger partial charge in [-0.2, -0.15) is 5.10 Å². The van der Waals surface area contributed by atoms with Crippen LogP contribution in [0.1, 0.15) is 28.3 Å². The van der Waals surface area contributed by atoms with Gasteiger partial charge < -0.3 is 10.6 Å². The lowest BCUT2D eigenvalue weighted by Gasteiger charge is -2.19. The lowest BCUT2D eigenvalue weighted by atomic mass is 10.0. The molecule has 4 rings (SSSR count). The Morgan fingerprint density at radius 3 is 2.42 bits per heavy atom. The molecule has 0 fully saturated rings. The van der Waals surface area contributed by atoms with Crippen LogP contribution in [-0.2, 0) is 18.3 Å². The fraction of sp³-hybridized carbons (Fsp3) is 0.214. The van der Waals surface area contributed by atoms with E-state index in [-0.39, 0.29) is 5.91 Å². The SMILES string of the molecule is Cc1ccc(CCN[C@@H](C(=O)Nc2ccc(-c3cnn(C)c3)c(C)c2)c2ccccc2)cc1. The first-order chi connectivity index (χ1) is 16.0. The third-order valence-corrected chi connectivity index (χ3v) is 5.79. The van der Waals surface area contributed by atoms with E-state index in [2.05, 4.69) is 46.9 Å². The molecule has 0 saturated heterocycles. The third kappa shape index (κ3) is 5.76. The molecule has 0 aliphatic rings. The molecule has 0 spiro atoms. The van der Waals surface area contributed by atoms with Gasteiger partial charge >= 0.3 is 0 Å². The number of aromatic nitrogens is 2. The molecule has 0 aliphatic heterocycles. The van der Waals surface area contributed by atoms with Crippen molar-refractivity contribution in [3.8, 4) is 11.1 Å². The van der Waals surface area contributed by atoms with Gasteiger partial charge in [0.25, 0.3) is 0 Å². The van der Waals surface area contributed by atoms with E-state index in [0.29, 0.717) is 6.54 Å². The van der Waals surface area contributed by atoms with Gasteiger partial charge in [-0.1, -0.05) is 66.2 Å². The third-order valence-electron chi connectivity index (χ3n) is 5.79. The Morgan fingerprint density at radius 2 is 1.76 bits per heavy atom. The molecule has 4 aromatic rings. The van der Waals surface area contributed by atoms with Crippen molar-refractivity contribution in [2.45, 2.75) is 26.3 Å². The van der Waals surface area contributed by atoms with Crippen LogP contribution in [-0.4, -0.2) is 22.2 Å². The number of hydrogen-bond donors (Lipinski definition) is 2. The number of nitrogens with zero attached hydrogens (tertiary/aromatic N) is 2. The van der Waals surface area contributed by atoms with Crippen molar-refractivity contribution in [3.05, 3.63) is 107 Å². The topological polar surface area (TPSA) is 59.0 Å². The fourth-order valence-corrected chi connectivity index (χ4v) is 3.96. The van der Waals surface area contributed by atoms with E-state index < -0.39 is 6.04 Å². The Kier molecular flexibility index (Phi) is 7.01. The fourth-order valence-electron chi connectivity index (χ4n) is 3.96. The van der Waals surface area contributed by atoms with Gasteiger partial charge in [0.05, 0.1) is 6.20 Å². The second-order valence-electron chi connectivity index (χ2n) is 8.46. The van der Waals surface area contributed by atoms with Crippen LogP contribution in [0, 0.1) is 13.8 Å². The maximum absolute atomic E-state index is 13.3. The summed E-state index contributed by atoms with van der Waals surface area (Å²) in [6.45, 7) is 4.84. The van der Waals surface area contributed by atoms with Gasteiger partial charge in [-0.15, -0.1) is 0 Å². The van der Waals surface area contributed by atoms with Gasteiger partial charge in [-0.3, -0.25) is 9.48 Å². The molecule has 1 aromatic heterocycles. The Balaban J connectivity index is 1.47. The monoisotopic (exact) mass is 438 g/mol. The van der Waals surface area contributed by atoms with Crippen LogP contribution in [0.25, 0.3) is 11.1 Å². The minimum absolute atomic E-state index is 0.0707. The maximum atomic E-state index is 13.3. The van der Waals surface area contributed by atoms with Gasteiger partial charge in [0.2, 0.25) is 5.91 Å². The molecular weight excluding hydrogens is 408 g/mol. The summed E-state index contributed by atoms with van der Waals surface area (Å²) in [6.07, 6.45) is 4.70. The highest BCUT2D eigenvalue weighted by molar-refractivity contribution is 5.96. The molecule has 0 radical (unpaired) electrons. The molecule has 0 unspecified atom stereocenters. The number of carbonyl (C=O) groups excluding carboxylic acids is 1. The highest BCUT2D eigenvalue weighted by Crippen LogP contribution is 2.26. The number of amides is 1. The second kappa shape index (κ2) is 10.3. The van der Waals surface area contributed by atoms with Gasteiger partial charge in [-0.25, -0.2) is 0 Å². The van der Waals surface area contributed by atoms with Gasteiger partial charge in [-0.05, 0) is 54.7 Å². The first kappa shape index (κ1) is 22.5. The average Bonchev–Trinajstić information content (AvgIpc) is 3.24. The van der Waals surface area contributed by atoms with Crippen molar-refractivity contribution in [3.63, 3.8) is 0 Å². The largest absolute Gasteiger partial charge is 0.324 e. The number of nitrogens with one attached hydrogen (secondary N) is 2. The summed E-state index contributed by atoms with van der Waals surface area (Å²) in [6, 6.07) is 23.9. The zero-order valence-corrected chi connectivity index (χ0v) is 19.4. The number of rotatable bonds is 8. The maximum Gasteiger partial charge on any atom is 0.246 e. The summed E-state index contributed by atoms with van der Waals surface area (Å²) in [5, 5.41) is 10.8. The molecule has 0 aliphatic carbocycles. The smallest absolute Gasteiger partial charge is 0.246 e. The summed E-state index contributed by atoms with van der Waals surface area (Å²) in [5.41, 5.74) is 7.49. The number of carbonyl (C=O) groups is 1. The predicted molar refractivity (Wildman–Crippen MR) is 134 cm³/mol. The number of aryl methyl sites for hydroxylation is 3. The molecule has 0 saturated carbocycles. The van der Waals surface area contributed by atoms with Crippen LogP contribution in [0.2, 0.25) is 0 Å². The van der Waals surface area contributed by atoms with Crippen molar-refractivity contribution in [2.75, 3.05) is 11.9 Å². The summed E-state index contributed by atoms with van der Waals surface area (Å²) >= 11 is 0. The van der Waals surface area contributed by atoms with Gasteiger partial charge in [0.15, 0.2) is 0 Å². The average molecular weight is 439 g/mol. The quantitative estimate of drug-likeness (QED) is 0.397. The highest BCUT2D eigenvalue weighted by atomic mass is 16.2. The van der Waals surface area contributed by atoms with Crippen LogP contribution in [0.15, 0.2) is 85.2 Å². The molecule has 1 heterocycles. The van der Waals surface area contributed by atoms with Crippen molar-refractivity contribution in [1.82, 2.24) is 15.1 Å². The summed E-state index contributed by atoms with van der Waals surface area (Å²) in [5.74, 6) is -0.0707. The van der Waals surface area contributed by atoms with E-state index in [1.54, 1.807) is 4.68 Å². The zero-order chi connectivity index (χ0) is 23.2. The number of anilines is 1. The normalized spacial score (nSPS) is 11.8. The molecule has 1 amide bonds. The van der Waals surface area contributed by atoms with E-state index in [4.69, 9.17) is 0 Å².